The second kappa shape index (κ2) is 14.7. The number of nitrogens with one attached hydrogen (secondary N) is 2. The molecule has 0 radical (unpaired) electrons. The van der Waals surface area contributed by atoms with Gasteiger partial charge in [-0.05, 0) is 94.9 Å². The highest BCUT2D eigenvalue weighted by Gasteiger charge is 2.33. The first-order valence-corrected chi connectivity index (χ1v) is 19.4. The highest BCUT2D eigenvalue weighted by molar-refractivity contribution is 7.89. The van der Waals surface area contributed by atoms with Crippen molar-refractivity contribution in [3.63, 3.8) is 0 Å². The number of alkyl halides is 2. The van der Waals surface area contributed by atoms with Crippen LogP contribution in [0, 0.1) is 18.3 Å². The first-order chi connectivity index (χ1) is 21.4. The molecule has 1 aliphatic heterocycles. The summed E-state index contributed by atoms with van der Waals surface area (Å²) in [6.45, 7) is 15.2. The molecule has 1 saturated carbocycles. The van der Waals surface area contributed by atoms with Crippen LogP contribution in [-0.4, -0.2) is 71.2 Å². The van der Waals surface area contributed by atoms with E-state index in [1.165, 1.54) is 24.6 Å². The molecule has 9 nitrogen and oxygen atoms in total. The molecule has 0 bridgehead atoms. The molecule has 2 fully saturated rings. The zero-order valence-corrected chi connectivity index (χ0v) is 29.8. The van der Waals surface area contributed by atoms with Crippen LogP contribution in [-0.2, 0) is 31.3 Å². The number of sulfonamides is 2. The van der Waals surface area contributed by atoms with Crippen molar-refractivity contribution in [1.82, 2.24) is 18.9 Å². The van der Waals surface area contributed by atoms with Crippen molar-refractivity contribution in [2.45, 2.75) is 108 Å². The number of halogens is 2. The van der Waals surface area contributed by atoms with Crippen LogP contribution in [0.3, 0.4) is 0 Å². The molecular weight excluding hydrogens is 635 g/mol. The molecule has 260 valence electrons. The summed E-state index contributed by atoms with van der Waals surface area (Å²) in [5, 5.41) is 0. The monoisotopic (exact) mass is 686 g/mol. The van der Waals surface area contributed by atoms with Crippen LogP contribution in [0.25, 0.3) is 11.3 Å². The van der Waals surface area contributed by atoms with Crippen LogP contribution in [0.2, 0.25) is 0 Å². The maximum atomic E-state index is 14.4. The fourth-order valence-electron chi connectivity index (χ4n) is 6.86. The molecule has 2 aliphatic rings. The van der Waals surface area contributed by atoms with Gasteiger partial charge in [0.1, 0.15) is 4.90 Å². The molecule has 0 unspecified atom stereocenters. The van der Waals surface area contributed by atoms with E-state index in [0.29, 0.717) is 54.6 Å². The van der Waals surface area contributed by atoms with E-state index in [4.69, 9.17) is 4.74 Å². The van der Waals surface area contributed by atoms with Gasteiger partial charge in [0.25, 0.3) is 6.43 Å². The minimum atomic E-state index is -4.24. The minimum Gasteiger partial charge on any atom is -0.379 e. The quantitative estimate of drug-likeness (QED) is 0.264. The van der Waals surface area contributed by atoms with E-state index in [2.05, 4.69) is 28.2 Å². The van der Waals surface area contributed by atoms with Gasteiger partial charge >= 0.3 is 0 Å². The summed E-state index contributed by atoms with van der Waals surface area (Å²) in [6, 6.07) is 5.43. The molecular formula is C33H52F2N4O5S2. The average molecular weight is 687 g/mol. The largest absolute Gasteiger partial charge is 0.379 e. The van der Waals surface area contributed by atoms with Crippen molar-refractivity contribution >= 4 is 20.0 Å². The lowest BCUT2D eigenvalue weighted by atomic mass is 9.69. The van der Waals surface area contributed by atoms with Gasteiger partial charge in [-0.2, -0.15) is 0 Å². The Morgan fingerprint density at radius 2 is 1.67 bits per heavy atom. The van der Waals surface area contributed by atoms with Crippen molar-refractivity contribution in [1.29, 1.82) is 0 Å². The molecule has 1 aromatic heterocycles. The predicted molar refractivity (Wildman–Crippen MR) is 177 cm³/mol. The van der Waals surface area contributed by atoms with Gasteiger partial charge in [0.05, 0.1) is 18.1 Å². The van der Waals surface area contributed by atoms with Crippen LogP contribution >= 0.6 is 0 Å². The van der Waals surface area contributed by atoms with Gasteiger partial charge in [-0.25, -0.2) is 35.1 Å². The van der Waals surface area contributed by atoms with Gasteiger partial charge in [-0.15, -0.1) is 0 Å². The fraction of sp³-hybridized carbons (Fsp3) is 0.697. The summed E-state index contributed by atoms with van der Waals surface area (Å²) in [5.74, 6) is 0.296. The Bertz CT molecular complexity index is 1550. The molecule has 0 atom stereocenters. The fourth-order valence-corrected chi connectivity index (χ4v) is 9.76. The molecule has 1 aromatic carbocycles. The van der Waals surface area contributed by atoms with E-state index in [1.807, 2.05) is 4.57 Å². The number of nitrogens with zero attached hydrogens (tertiary/aromatic N) is 2. The molecule has 46 heavy (non-hydrogen) atoms. The molecule has 1 saturated heterocycles. The normalized spacial score (nSPS) is 22.1. The number of ether oxygens (including phenoxy) is 1. The summed E-state index contributed by atoms with van der Waals surface area (Å²) in [4.78, 5) is 1.75. The molecule has 2 heterocycles. The molecule has 0 amide bonds. The molecule has 0 spiro atoms. The summed E-state index contributed by atoms with van der Waals surface area (Å²) in [5.41, 5.74) is 0.152. The number of hydrogen-bond acceptors (Lipinski definition) is 6. The van der Waals surface area contributed by atoms with Crippen LogP contribution < -0.4 is 9.44 Å². The minimum absolute atomic E-state index is 0.0980. The first kappa shape index (κ1) is 36.9. The van der Waals surface area contributed by atoms with Gasteiger partial charge in [-0.3, -0.25) is 4.90 Å². The lowest BCUT2D eigenvalue weighted by Crippen LogP contribution is -2.41. The van der Waals surface area contributed by atoms with Crippen LogP contribution in [0.1, 0.15) is 90.8 Å². The summed E-state index contributed by atoms with van der Waals surface area (Å²) < 4.78 is 94.9. The van der Waals surface area contributed by atoms with Gasteiger partial charge < -0.3 is 9.30 Å². The number of aromatic nitrogens is 1. The lowest BCUT2D eigenvalue weighted by Gasteiger charge is -2.38. The third kappa shape index (κ3) is 9.16. The third-order valence-corrected chi connectivity index (χ3v) is 12.7. The Hall–Kier alpha value is -1.90. The van der Waals surface area contributed by atoms with Crippen LogP contribution in [0.4, 0.5) is 8.78 Å². The maximum Gasteiger partial charge on any atom is 0.265 e. The van der Waals surface area contributed by atoms with Gasteiger partial charge in [0.2, 0.25) is 20.0 Å². The Morgan fingerprint density at radius 3 is 2.26 bits per heavy atom. The zero-order valence-electron chi connectivity index (χ0n) is 28.2. The lowest BCUT2D eigenvalue weighted by molar-refractivity contribution is 0.0390. The van der Waals surface area contributed by atoms with E-state index < -0.39 is 42.5 Å². The van der Waals surface area contributed by atoms with Crippen LogP contribution in [0.5, 0.6) is 0 Å². The molecule has 2 N–H and O–H groups in total. The molecule has 1 aliphatic carbocycles. The number of rotatable bonds is 13. The van der Waals surface area contributed by atoms with Gasteiger partial charge in [0.15, 0.2) is 0 Å². The molecule has 4 rings (SSSR count). The van der Waals surface area contributed by atoms with E-state index in [-0.39, 0.29) is 11.4 Å². The van der Waals surface area contributed by atoms with Crippen molar-refractivity contribution in [3.8, 4) is 11.3 Å². The number of benzene rings is 1. The summed E-state index contributed by atoms with van der Waals surface area (Å²) in [7, 11) is -8.17. The maximum absolute atomic E-state index is 14.4. The SMILES string of the molecule is CCCC1(C)CCC(Cn2c(-c3ccc(S(=O)(=O)NC(C)(C)C)c(C(F)F)c3)cc(S(=O)(=O)NCCN3CCOCC3)c2C)CC1. The third-order valence-electron chi connectivity index (χ3n) is 9.31. The predicted octanol–water partition coefficient (Wildman–Crippen LogP) is 6.09. The van der Waals surface area contributed by atoms with Gasteiger partial charge in [0, 0.05) is 55.2 Å². The number of morpholine rings is 1. The van der Waals surface area contributed by atoms with Crippen LogP contribution in [0.15, 0.2) is 34.1 Å². The first-order valence-electron chi connectivity index (χ1n) is 16.4. The Balaban J connectivity index is 1.71. The highest BCUT2D eigenvalue weighted by atomic mass is 32.2. The Labute approximate surface area is 274 Å². The van der Waals surface area contributed by atoms with Crippen molar-refractivity contribution < 1.29 is 30.4 Å². The number of hydrogen-bond donors (Lipinski definition) is 2. The molecule has 13 heteroatoms. The zero-order chi connectivity index (χ0) is 33.9. The smallest absolute Gasteiger partial charge is 0.265 e. The Morgan fingerprint density at radius 1 is 1.02 bits per heavy atom. The van der Waals surface area contributed by atoms with E-state index in [9.17, 15) is 25.6 Å². The second-order valence-corrected chi connectivity index (χ2v) is 17.7. The topological polar surface area (TPSA) is 110 Å². The van der Waals surface area contributed by atoms with Crippen molar-refractivity contribution in [3.05, 3.63) is 35.5 Å². The highest BCUT2D eigenvalue weighted by Crippen LogP contribution is 2.43. The second-order valence-electron chi connectivity index (χ2n) is 14.4. The van der Waals surface area contributed by atoms with Crippen molar-refractivity contribution in [2.75, 3.05) is 39.4 Å². The van der Waals surface area contributed by atoms with E-state index in [1.54, 1.807) is 33.8 Å². The summed E-state index contributed by atoms with van der Waals surface area (Å²) in [6.07, 6.45) is 3.39. The summed E-state index contributed by atoms with van der Waals surface area (Å²) >= 11 is 0. The molecule has 2 aromatic rings. The van der Waals surface area contributed by atoms with E-state index >= 15 is 0 Å². The standard InChI is InChI=1S/C33H52F2N4O5S2/c1-7-12-33(6)13-10-25(11-14-33)23-39-24(2)30(45(40,41)36-15-16-38-17-19-44-20-18-38)22-28(39)26-8-9-29(27(21-26)31(34)35)46(42,43)37-32(3,4)5/h8-9,21-22,25,31,36-37H,7,10-20,23H2,1-6H3. The Kier molecular flexibility index (Phi) is 11.8. The van der Waals surface area contributed by atoms with E-state index in [0.717, 1.165) is 45.2 Å². The van der Waals surface area contributed by atoms with Crippen molar-refractivity contribution in [2.24, 2.45) is 11.3 Å². The average Bonchev–Trinajstić information content (AvgIpc) is 3.29. The van der Waals surface area contributed by atoms with Gasteiger partial charge in [-0.1, -0.05) is 26.3 Å².